The molecule has 0 atom stereocenters. The third kappa shape index (κ3) is 4.08. The standard InChI is InChI=1S/C49H31NO2/c1-2-14-34(15-3-1)50(36-26-28-46-40(31-36)39-19-6-10-23-45(39)51-46)35-16-12-13-32(29-35)33-25-27-48-44(30-33)49(43-22-9-11-24-47(43)52-48)41-20-7-4-17-37(41)38-18-5-8-21-42(38)49/h1-31H. The second-order valence-electron chi connectivity index (χ2n) is 13.7. The first kappa shape index (κ1) is 28.9. The Bertz CT molecular complexity index is 2800. The number of para-hydroxylation sites is 3. The number of furan rings is 1. The van der Waals surface area contributed by atoms with E-state index in [2.05, 4.69) is 181 Å². The molecule has 1 aromatic heterocycles. The smallest absolute Gasteiger partial charge is 0.135 e. The summed E-state index contributed by atoms with van der Waals surface area (Å²) >= 11 is 0. The van der Waals surface area contributed by atoms with E-state index in [1.54, 1.807) is 0 Å². The zero-order chi connectivity index (χ0) is 34.2. The van der Waals surface area contributed by atoms with Crippen LogP contribution in [0, 0.1) is 0 Å². The zero-order valence-corrected chi connectivity index (χ0v) is 28.2. The van der Waals surface area contributed by atoms with Crippen LogP contribution in [0.1, 0.15) is 22.3 Å². The maximum absolute atomic E-state index is 6.71. The van der Waals surface area contributed by atoms with Crippen molar-refractivity contribution in [2.45, 2.75) is 5.41 Å². The summed E-state index contributed by atoms with van der Waals surface area (Å²) in [5, 5.41) is 2.21. The van der Waals surface area contributed by atoms with Crippen LogP contribution in [0.25, 0.3) is 44.2 Å². The van der Waals surface area contributed by atoms with Crippen molar-refractivity contribution >= 4 is 39.0 Å². The van der Waals surface area contributed by atoms with Gasteiger partial charge in [0.05, 0.1) is 5.41 Å². The van der Waals surface area contributed by atoms with Crippen LogP contribution in [0.2, 0.25) is 0 Å². The number of fused-ring (bicyclic) bond motifs is 12. The minimum Gasteiger partial charge on any atom is -0.457 e. The summed E-state index contributed by atoms with van der Waals surface area (Å²) in [6, 6.07) is 67.2. The van der Waals surface area contributed by atoms with Crippen molar-refractivity contribution in [3.05, 3.63) is 210 Å². The van der Waals surface area contributed by atoms with Crippen LogP contribution in [0.15, 0.2) is 192 Å². The van der Waals surface area contributed by atoms with Gasteiger partial charge < -0.3 is 14.1 Å². The van der Waals surface area contributed by atoms with Crippen molar-refractivity contribution in [3.63, 3.8) is 0 Å². The summed E-state index contributed by atoms with van der Waals surface area (Å²) in [7, 11) is 0. The lowest BCUT2D eigenvalue weighted by atomic mass is 9.66. The molecule has 0 bridgehead atoms. The van der Waals surface area contributed by atoms with Crippen LogP contribution in [-0.4, -0.2) is 0 Å². The highest BCUT2D eigenvalue weighted by Crippen LogP contribution is 2.62. The topological polar surface area (TPSA) is 25.6 Å². The Morgan fingerprint density at radius 2 is 0.981 bits per heavy atom. The van der Waals surface area contributed by atoms with E-state index in [0.717, 1.165) is 67.2 Å². The number of anilines is 3. The van der Waals surface area contributed by atoms with Crippen LogP contribution in [-0.2, 0) is 5.41 Å². The summed E-state index contributed by atoms with van der Waals surface area (Å²) in [6.07, 6.45) is 0. The summed E-state index contributed by atoms with van der Waals surface area (Å²) in [5.74, 6) is 1.79. The fraction of sp³-hybridized carbons (Fsp3) is 0.0204. The van der Waals surface area contributed by atoms with Gasteiger partial charge in [0.15, 0.2) is 0 Å². The molecule has 2 aliphatic rings. The monoisotopic (exact) mass is 665 g/mol. The van der Waals surface area contributed by atoms with Gasteiger partial charge in [-0.15, -0.1) is 0 Å². The number of benzene rings is 8. The molecule has 11 rings (SSSR count). The fourth-order valence-electron chi connectivity index (χ4n) is 8.74. The Morgan fingerprint density at radius 3 is 1.81 bits per heavy atom. The molecule has 0 radical (unpaired) electrons. The summed E-state index contributed by atoms with van der Waals surface area (Å²) < 4.78 is 12.9. The highest BCUT2D eigenvalue weighted by atomic mass is 16.5. The maximum atomic E-state index is 6.71. The number of hydrogen-bond donors (Lipinski definition) is 0. The summed E-state index contributed by atoms with van der Waals surface area (Å²) in [6.45, 7) is 0. The van der Waals surface area contributed by atoms with Crippen LogP contribution in [0.5, 0.6) is 11.5 Å². The van der Waals surface area contributed by atoms with Crippen molar-refractivity contribution in [1.82, 2.24) is 0 Å². The molecule has 1 aliphatic heterocycles. The number of hydrogen-bond acceptors (Lipinski definition) is 3. The minimum atomic E-state index is -0.510. The molecule has 0 unspecified atom stereocenters. The van der Waals surface area contributed by atoms with E-state index < -0.39 is 5.41 Å². The van der Waals surface area contributed by atoms with Crippen molar-refractivity contribution in [2.24, 2.45) is 0 Å². The van der Waals surface area contributed by atoms with E-state index in [-0.39, 0.29) is 0 Å². The lowest BCUT2D eigenvalue weighted by Gasteiger charge is -2.39. The van der Waals surface area contributed by atoms with E-state index in [9.17, 15) is 0 Å². The third-order valence-electron chi connectivity index (χ3n) is 10.9. The number of ether oxygens (including phenoxy) is 1. The highest BCUT2D eigenvalue weighted by Gasteiger charge is 2.51. The molecule has 244 valence electrons. The predicted octanol–water partition coefficient (Wildman–Crippen LogP) is 13.2. The van der Waals surface area contributed by atoms with E-state index in [0.29, 0.717) is 0 Å². The number of nitrogens with zero attached hydrogens (tertiary/aromatic N) is 1. The van der Waals surface area contributed by atoms with Gasteiger partial charge >= 0.3 is 0 Å². The van der Waals surface area contributed by atoms with Gasteiger partial charge in [0, 0.05) is 39.0 Å². The van der Waals surface area contributed by atoms with Gasteiger partial charge in [-0.3, -0.25) is 0 Å². The highest BCUT2D eigenvalue weighted by molar-refractivity contribution is 6.06. The molecule has 0 saturated carbocycles. The Morgan fingerprint density at radius 1 is 0.365 bits per heavy atom. The second-order valence-corrected chi connectivity index (χ2v) is 13.7. The van der Waals surface area contributed by atoms with Crippen LogP contribution in [0.4, 0.5) is 17.1 Å². The summed E-state index contributed by atoms with van der Waals surface area (Å²) in [4.78, 5) is 2.33. The number of rotatable bonds is 4. The van der Waals surface area contributed by atoms with Gasteiger partial charge in [-0.25, -0.2) is 0 Å². The van der Waals surface area contributed by atoms with Gasteiger partial charge in [0.1, 0.15) is 22.7 Å². The predicted molar refractivity (Wildman–Crippen MR) is 211 cm³/mol. The first-order valence-corrected chi connectivity index (χ1v) is 17.8. The van der Waals surface area contributed by atoms with Crippen LogP contribution >= 0.6 is 0 Å². The van der Waals surface area contributed by atoms with Crippen LogP contribution in [0.3, 0.4) is 0 Å². The van der Waals surface area contributed by atoms with Crippen LogP contribution < -0.4 is 9.64 Å². The largest absolute Gasteiger partial charge is 0.457 e. The molecular formula is C49H31NO2. The van der Waals surface area contributed by atoms with Gasteiger partial charge in [0.25, 0.3) is 0 Å². The van der Waals surface area contributed by atoms with Crippen molar-refractivity contribution in [3.8, 4) is 33.8 Å². The van der Waals surface area contributed by atoms with Gasteiger partial charge in [0.2, 0.25) is 0 Å². The Kier molecular flexibility index (Phi) is 6.17. The van der Waals surface area contributed by atoms with E-state index in [1.807, 2.05) is 12.1 Å². The average molecular weight is 666 g/mol. The van der Waals surface area contributed by atoms with E-state index >= 15 is 0 Å². The lowest BCUT2D eigenvalue weighted by molar-refractivity contribution is 0.436. The van der Waals surface area contributed by atoms with Crippen molar-refractivity contribution < 1.29 is 9.15 Å². The van der Waals surface area contributed by atoms with Gasteiger partial charge in [-0.05, 0) is 100 Å². The minimum absolute atomic E-state index is 0.510. The summed E-state index contributed by atoms with van der Waals surface area (Å²) in [5.41, 5.74) is 14.2. The molecule has 3 nitrogen and oxygen atoms in total. The first-order valence-electron chi connectivity index (χ1n) is 17.8. The third-order valence-corrected chi connectivity index (χ3v) is 10.9. The van der Waals surface area contributed by atoms with E-state index in [4.69, 9.17) is 9.15 Å². The van der Waals surface area contributed by atoms with Gasteiger partial charge in [-0.1, -0.05) is 121 Å². The van der Waals surface area contributed by atoms with Crippen molar-refractivity contribution in [1.29, 1.82) is 0 Å². The van der Waals surface area contributed by atoms with Gasteiger partial charge in [-0.2, -0.15) is 0 Å². The molecule has 0 fully saturated rings. The quantitative estimate of drug-likeness (QED) is 0.187. The first-order chi connectivity index (χ1) is 25.8. The molecule has 1 aliphatic carbocycles. The lowest BCUT2D eigenvalue weighted by Crippen LogP contribution is -2.32. The molecule has 0 amide bonds. The Labute approximate surface area is 301 Å². The fourth-order valence-corrected chi connectivity index (χ4v) is 8.74. The normalized spacial score (nSPS) is 13.3. The average Bonchev–Trinajstić information content (AvgIpc) is 3.72. The molecule has 1 spiro atoms. The molecule has 52 heavy (non-hydrogen) atoms. The van der Waals surface area contributed by atoms with E-state index in [1.165, 1.54) is 27.8 Å². The molecule has 8 aromatic carbocycles. The Balaban J connectivity index is 1.10. The zero-order valence-electron chi connectivity index (χ0n) is 28.2. The maximum Gasteiger partial charge on any atom is 0.135 e. The molecule has 0 N–H and O–H groups in total. The molecular weight excluding hydrogens is 635 g/mol. The SMILES string of the molecule is c1ccc(N(c2cccc(-c3ccc4c(c3)C3(c5ccccc5O4)c4ccccc4-c4ccccc43)c2)c2ccc3oc4ccccc4c3c2)cc1. The molecule has 2 heterocycles. The van der Waals surface area contributed by atoms with Crippen molar-refractivity contribution in [2.75, 3.05) is 4.90 Å². The molecule has 0 saturated heterocycles. The molecule has 9 aromatic rings. The Hall–Kier alpha value is -6.84. The second kappa shape index (κ2) is 11.1. The molecule has 3 heteroatoms.